The lowest BCUT2D eigenvalue weighted by molar-refractivity contribution is -0.143. The lowest BCUT2D eigenvalue weighted by Crippen LogP contribution is -2.43. The van der Waals surface area contributed by atoms with Crippen molar-refractivity contribution in [2.24, 2.45) is 0 Å². The Morgan fingerprint density at radius 1 is 1.73 bits per heavy atom. The second kappa shape index (κ2) is 4.31. The molecule has 0 atom stereocenters. The van der Waals surface area contributed by atoms with Crippen molar-refractivity contribution in [2.45, 2.75) is 0 Å². The van der Waals surface area contributed by atoms with E-state index in [1.165, 1.54) is 0 Å². The average Bonchev–Trinajstić information content (AvgIpc) is 2.03. The maximum atomic E-state index is 11.0. The third-order valence-electron chi connectivity index (χ3n) is 1.65. The fraction of sp³-hybridized carbons (Fsp3) is 0.857. The first kappa shape index (κ1) is 8.49. The highest BCUT2D eigenvalue weighted by molar-refractivity contribution is 5.77. The van der Waals surface area contributed by atoms with E-state index in [1.54, 1.807) is 12.0 Å². The second-order valence-corrected chi connectivity index (χ2v) is 2.43. The van der Waals surface area contributed by atoms with Crippen LogP contribution in [-0.4, -0.2) is 50.8 Å². The molecular weight excluding hydrogens is 146 g/mol. The van der Waals surface area contributed by atoms with Crippen LogP contribution in [0.3, 0.4) is 0 Å². The van der Waals surface area contributed by atoms with Gasteiger partial charge in [0.2, 0.25) is 5.91 Å². The summed E-state index contributed by atoms with van der Waals surface area (Å²) in [6.45, 7) is 2.85. The second-order valence-electron chi connectivity index (χ2n) is 2.43. The van der Waals surface area contributed by atoms with Crippen LogP contribution in [0.1, 0.15) is 0 Å². The normalized spacial score (nSPS) is 19.0. The fourth-order valence-electron chi connectivity index (χ4n) is 0.988. The van der Waals surface area contributed by atoms with E-state index in [9.17, 15) is 4.79 Å². The number of carbonyl (C=O) groups excluding carboxylic acids is 1. The van der Waals surface area contributed by atoms with Crippen LogP contribution in [0.25, 0.3) is 0 Å². The third-order valence-corrected chi connectivity index (χ3v) is 1.65. The summed E-state index contributed by atoms with van der Waals surface area (Å²) >= 11 is 0. The number of hydrogen-bond acceptors (Lipinski definition) is 3. The van der Waals surface area contributed by atoms with E-state index in [1.807, 2.05) is 0 Å². The molecule has 0 aliphatic carbocycles. The van der Waals surface area contributed by atoms with Crippen LogP contribution in [0.4, 0.5) is 0 Å². The number of amides is 1. The Labute approximate surface area is 66.1 Å². The van der Waals surface area contributed by atoms with Gasteiger partial charge in [0.1, 0.15) is 6.61 Å². The molecule has 0 radical (unpaired) electrons. The number of rotatable bonds is 3. The summed E-state index contributed by atoms with van der Waals surface area (Å²) in [5.41, 5.74) is 0. The van der Waals surface area contributed by atoms with Crippen molar-refractivity contribution in [3.05, 3.63) is 0 Å². The highest BCUT2D eigenvalue weighted by atomic mass is 16.5. The zero-order chi connectivity index (χ0) is 8.10. The van der Waals surface area contributed by atoms with Crippen LogP contribution in [-0.2, 0) is 14.3 Å². The number of carbonyl (C=O) groups is 1. The molecule has 1 saturated heterocycles. The third kappa shape index (κ3) is 2.48. The van der Waals surface area contributed by atoms with Gasteiger partial charge in [-0.15, -0.1) is 0 Å². The molecule has 0 N–H and O–H groups in total. The zero-order valence-electron chi connectivity index (χ0n) is 6.71. The minimum Gasteiger partial charge on any atom is -0.383 e. The molecule has 1 heterocycles. The summed E-state index contributed by atoms with van der Waals surface area (Å²) in [7, 11) is 1.63. The molecule has 0 aromatic carbocycles. The monoisotopic (exact) mass is 159 g/mol. The van der Waals surface area contributed by atoms with Crippen molar-refractivity contribution < 1.29 is 14.3 Å². The van der Waals surface area contributed by atoms with Gasteiger partial charge in [0.05, 0.1) is 13.2 Å². The SMILES string of the molecule is COCCN1CCOCC1=O. The molecule has 0 aromatic rings. The average molecular weight is 159 g/mol. The molecule has 1 aliphatic heterocycles. The summed E-state index contributed by atoms with van der Waals surface area (Å²) in [5, 5.41) is 0. The van der Waals surface area contributed by atoms with E-state index in [0.29, 0.717) is 26.3 Å². The smallest absolute Gasteiger partial charge is 0.248 e. The van der Waals surface area contributed by atoms with E-state index in [0.717, 1.165) is 0 Å². The molecule has 1 aliphatic rings. The Balaban J connectivity index is 2.24. The molecule has 0 aromatic heterocycles. The van der Waals surface area contributed by atoms with Gasteiger partial charge in [-0.1, -0.05) is 0 Å². The number of morpholine rings is 1. The molecule has 11 heavy (non-hydrogen) atoms. The minimum absolute atomic E-state index is 0.0632. The van der Waals surface area contributed by atoms with Gasteiger partial charge in [-0.2, -0.15) is 0 Å². The molecule has 1 rings (SSSR count). The van der Waals surface area contributed by atoms with Crippen molar-refractivity contribution in [1.82, 2.24) is 4.90 Å². The zero-order valence-corrected chi connectivity index (χ0v) is 6.71. The predicted octanol–water partition coefficient (Wildman–Crippen LogP) is -0.508. The lowest BCUT2D eigenvalue weighted by atomic mass is 10.4. The Morgan fingerprint density at radius 2 is 2.55 bits per heavy atom. The van der Waals surface area contributed by atoms with Gasteiger partial charge in [0.25, 0.3) is 0 Å². The molecule has 0 spiro atoms. The number of nitrogens with zero attached hydrogens (tertiary/aromatic N) is 1. The van der Waals surface area contributed by atoms with Crippen LogP contribution in [0.15, 0.2) is 0 Å². The molecular formula is C7H13NO3. The molecule has 4 heteroatoms. The number of ether oxygens (including phenoxy) is 2. The summed E-state index contributed by atoms with van der Waals surface area (Å²) in [6, 6.07) is 0. The van der Waals surface area contributed by atoms with Gasteiger partial charge < -0.3 is 14.4 Å². The van der Waals surface area contributed by atoms with Gasteiger partial charge in [0.15, 0.2) is 0 Å². The summed E-state index contributed by atoms with van der Waals surface area (Å²) in [6.07, 6.45) is 0. The Morgan fingerprint density at radius 3 is 3.18 bits per heavy atom. The summed E-state index contributed by atoms with van der Waals surface area (Å²) in [4.78, 5) is 12.8. The largest absolute Gasteiger partial charge is 0.383 e. The van der Waals surface area contributed by atoms with Gasteiger partial charge >= 0.3 is 0 Å². The first-order valence-electron chi connectivity index (χ1n) is 3.69. The molecule has 0 bridgehead atoms. The van der Waals surface area contributed by atoms with Crippen molar-refractivity contribution in [2.75, 3.05) is 40.0 Å². The van der Waals surface area contributed by atoms with Crippen molar-refractivity contribution in [3.8, 4) is 0 Å². The molecule has 1 fully saturated rings. The Bertz CT molecular complexity index is 138. The van der Waals surface area contributed by atoms with Crippen LogP contribution in [0.5, 0.6) is 0 Å². The molecule has 4 nitrogen and oxygen atoms in total. The summed E-state index contributed by atoms with van der Waals surface area (Å²) in [5.74, 6) is 0.0632. The number of methoxy groups -OCH3 is 1. The lowest BCUT2D eigenvalue weighted by Gasteiger charge is -2.26. The highest BCUT2D eigenvalue weighted by Crippen LogP contribution is 1.97. The van der Waals surface area contributed by atoms with Crippen LogP contribution in [0.2, 0.25) is 0 Å². The summed E-state index contributed by atoms with van der Waals surface area (Å²) < 4.78 is 9.82. The van der Waals surface area contributed by atoms with E-state index >= 15 is 0 Å². The van der Waals surface area contributed by atoms with Gasteiger partial charge in [-0.05, 0) is 0 Å². The van der Waals surface area contributed by atoms with E-state index in [4.69, 9.17) is 9.47 Å². The van der Waals surface area contributed by atoms with Gasteiger partial charge in [0, 0.05) is 20.2 Å². The topological polar surface area (TPSA) is 38.8 Å². The molecule has 1 amide bonds. The van der Waals surface area contributed by atoms with Gasteiger partial charge in [-0.25, -0.2) is 0 Å². The van der Waals surface area contributed by atoms with Crippen molar-refractivity contribution in [1.29, 1.82) is 0 Å². The Kier molecular flexibility index (Phi) is 3.32. The van der Waals surface area contributed by atoms with Crippen LogP contribution < -0.4 is 0 Å². The maximum absolute atomic E-state index is 11.0. The Hall–Kier alpha value is -0.610. The molecule has 64 valence electrons. The standard InChI is InChI=1S/C7H13NO3/c1-10-4-2-8-3-5-11-6-7(8)9/h2-6H2,1H3. The first-order valence-corrected chi connectivity index (χ1v) is 3.69. The first-order chi connectivity index (χ1) is 5.34. The maximum Gasteiger partial charge on any atom is 0.248 e. The fourth-order valence-corrected chi connectivity index (χ4v) is 0.988. The van der Waals surface area contributed by atoms with E-state index in [-0.39, 0.29) is 12.5 Å². The van der Waals surface area contributed by atoms with Gasteiger partial charge in [-0.3, -0.25) is 4.79 Å². The minimum atomic E-state index is 0.0632. The highest BCUT2D eigenvalue weighted by Gasteiger charge is 2.17. The van der Waals surface area contributed by atoms with Crippen molar-refractivity contribution in [3.63, 3.8) is 0 Å². The van der Waals surface area contributed by atoms with Crippen molar-refractivity contribution >= 4 is 5.91 Å². The van der Waals surface area contributed by atoms with E-state index in [2.05, 4.69) is 0 Å². The van der Waals surface area contributed by atoms with Crippen LogP contribution >= 0.6 is 0 Å². The number of hydrogen-bond donors (Lipinski definition) is 0. The predicted molar refractivity (Wildman–Crippen MR) is 39.3 cm³/mol. The van der Waals surface area contributed by atoms with Crippen LogP contribution in [0, 0.1) is 0 Å². The molecule has 0 saturated carbocycles. The van der Waals surface area contributed by atoms with E-state index < -0.39 is 0 Å². The molecule has 0 unspecified atom stereocenters. The quantitative estimate of drug-likeness (QED) is 0.557.